The molecule has 4 N–H and O–H groups in total. The van der Waals surface area contributed by atoms with Gasteiger partial charge in [0.05, 0.1) is 31.5 Å². The average molecular weight is 517 g/mol. The van der Waals surface area contributed by atoms with Crippen LogP contribution in [0.2, 0.25) is 0 Å². The van der Waals surface area contributed by atoms with Gasteiger partial charge < -0.3 is 25.8 Å². The number of nitrogens with two attached hydrogens (primary N) is 1. The number of rotatable bonds is 8. The number of sulfonamides is 1. The molecule has 0 saturated carbocycles. The molecule has 1 aromatic heterocycles. The Balaban J connectivity index is 1.59. The van der Waals surface area contributed by atoms with Crippen molar-refractivity contribution in [3.05, 3.63) is 65.7 Å². The molecule has 35 heavy (non-hydrogen) atoms. The molecule has 1 aliphatic heterocycles. The van der Waals surface area contributed by atoms with Crippen LogP contribution < -0.4 is 21.1 Å². The Morgan fingerprint density at radius 3 is 2.40 bits per heavy atom. The van der Waals surface area contributed by atoms with Gasteiger partial charge in [0.15, 0.2) is 0 Å². The first-order chi connectivity index (χ1) is 16.8. The first kappa shape index (κ1) is 24.7. The smallest absolute Gasteiger partial charge is 0.260 e. The quantitative estimate of drug-likeness (QED) is 0.418. The minimum Gasteiger partial charge on any atom is -0.496 e. The Labute approximate surface area is 206 Å². The number of hydrogen-bond donors (Lipinski definition) is 3. The number of primary amides is 1. The van der Waals surface area contributed by atoms with Crippen molar-refractivity contribution in [3.63, 3.8) is 0 Å². The fourth-order valence-electron chi connectivity index (χ4n) is 3.50. The molecule has 12 heteroatoms. The number of thiophene rings is 1. The lowest BCUT2D eigenvalue weighted by Gasteiger charge is -2.25. The molecule has 0 unspecified atom stereocenters. The lowest BCUT2D eigenvalue weighted by Crippen LogP contribution is -2.40. The van der Waals surface area contributed by atoms with Crippen molar-refractivity contribution < 1.29 is 27.5 Å². The number of amides is 2. The maximum atomic E-state index is 13.1. The largest absolute Gasteiger partial charge is 0.496 e. The van der Waals surface area contributed by atoms with E-state index in [1.807, 2.05) is 30.3 Å². The Morgan fingerprint density at radius 1 is 1.03 bits per heavy atom. The summed E-state index contributed by atoms with van der Waals surface area (Å²) in [6.45, 7) is 0.973. The zero-order chi connectivity index (χ0) is 25.0. The Morgan fingerprint density at radius 2 is 1.74 bits per heavy atom. The number of hydrogen-bond acceptors (Lipinski definition) is 8. The number of nitrogens with one attached hydrogen (secondary N) is 2. The second-order valence-corrected chi connectivity index (χ2v) is 10.8. The third-order valence-electron chi connectivity index (χ3n) is 5.27. The minimum atomic E-state index is -3.87. The summed E-state index contributed by atoms with van der Waals surface area (Å²) in [5.74, 6) is -1.14. The summed E-state index contributed by atoms with van der Waals surface area (Å²) in [6, 6.07) is 15.6. The predicted molar refractivity (Wildman–Crippen MR) is 133 cm³/mol. The monoisotopic (exact) mass is 516 g/mol. The van der Waals surface area contributed by atoms with Crippen LogP contribution >= 0.6 is 11.3 Å². The highest BCUT2D eigenvalue weighted by Crippen LogP contribution is 2.34. The number of morpholine rings is 1. The van der Waals surface area contributed by atoms with Gasteiger partial charge in [-0.15, -0.1) is 11.3 Å². The molecule has 0 radical (unpaired) electrons. The van der Waals surface area contributed by atoms with Gasteiger partial charge in [-0.3, -0.25) is 9.59 Å². The van der Waals surface area contributed by atoms with Crippen molar-refractivity contribution >= 4 is 49.6 Å². The van der Waals surface area contributed by atoms with Gasteiger partial charge in [-0.1, -0.05) is 18.2 Å². The molecule has 2 aromatic carbocycles. The van der Waals surface area contributed by atoms with Crippen LogP contribution in [-0.2, 0) is 14.8 Å². The molecule has 1 aliphatic rings. The average Bonchev–Trinajstić information content (AvgIpc) is 3.30. The Hall–Kier alpha value is -3.45. The van der Waals surface area contributed by atoms with Crippen LogP contribution in [0.4, 0.5) is 16.4 Å². The van der Waals surface area contributed by atoms with Gasteiger partial charge in [0.2, 0.25) is 0 Å². The van der Waals surface area contributed by atoms with E-state index in [2.05, 4.69) is 10.6 Å². The number of ether oxygens (including phenoxy) is 2. The van der Waals surface area contributed by atoms with Crippen LogP contribution in [0.3, 0.4) is 0 Å². The fraction of sp³-hybridized carbons (Fsp3) is 0.217. The van der Waals surface area contributed by atoms with Crippen molar-refractivity contribution in [2.75, 3.05) is 44.0 Å². The molecule has 0 spiro atoms. The maximum absolute atomic E-state index is 13.1. The number of carbonyl (C=O) groups is 2. The van der Waals surface area contributed by atoms with E-state index >= 15 is 0 Å². The molecule has 4 rings (SSSR count). The zero-order valence-corrected chi connectivity index (χ0v) is 20.4. The van der Waals surface area contributed by atoms with Gasteiger partial charge in [0.1, 0.15) is 15.0 Å². The van der Waals surface area contributed by atoms with E-state index < -0.39 is 21.8 Å². The van der Waals surface area contributed by atoms with Crippen LogP contribution in [0.1, 0.15) is 20.7 Å². The van der Waals surface area contributed by atoms with E-state index in [4.69, 9.17) is 15.2 Å². The summed E-state index contributed by atoms with van der Waals surface area (Å²) in [4.78, 5) is 25.1. The molecule has 184 valence electrons. The highest BCUT2D eigenvalue weighted by molar-refractivity contribution is 7.91. The maximum Gasteiger partial charge on any atom is 0.260 e. The van der Waals surface area contributed by atoms with E-state index in [1.54, 1.807) is 18.2 Å². The molecule has 1 saturated heterocycles. The van der Waals surface area contributed by atoms with E-state index in [1.165, 1.54) is 17.5 Å². The van der Waals surface area contributed by atoms with Gasteiger partial charge in [-0.2, -0.15) is 4.31 Å². The Kier molecular flexibility index (Phi) is 7.36. The summed E-state index contributed by atoms with van der Waals surface area (Å²) >= 11 is 0.773. The molecule has 0 aliphatic carbocycles. The fourth-order valence-corrected chi connectivity index (χ4v) is 6.43. The zero-order valence-electron chi connectivity index (χ0n) is 18.8. The van der Waals surface area contributed by atoms with E-state index in [0.29, 0.717) is 11.4 Å². The van der Waals surface area contributed by atoms with Crippen LogP contribution in [-0.4, -0.2) is 58.0 Å². The molecule has 1 fully saturated rings. The molecular weight excluding hydrogens is 492 g/mol. The molecule has 2 heterocycles. The van der Waals surface area contributed by atoms with Gasteiger partial charge >= 0.3 is 0 Å². The number of methoxy groups -OCH3 is 1. The van der Waals surface area contributed by atoms with E-state index in [9.17, 15) is 18.0 Å². The first-order valence-corrected chi connectivity index (χ1v) is 12.9. The highest BCUT2D eigenvalue weighted by Gasteiger charge is 2.30. The molecular formula is C23H24N4O6S2. The minimum absolute atomic E-state index is 0.0443. The topological polar surface area (TPSA) is 140 Å². The molecule has 3 aromatic rings. The predicted octanol–water partition coefficient (Wildman–Crippen LogP) is 2.87. The third kappa shape index (κ3) is 5.46. The van der Waals surface area contributed by atoms with Crippen molar-refractivity contribution in [1.29, 1.82) is 0 Å². The van der Waals surface area contributed by atoms with Gasteiger partial charge in [-0.05, 0) is 30.3 Å². The second kappa shape index (κ2) is 10.4. The summed E-state index contributed by atoms with van der Waals surface area (Å²) in [6.07, 6.45) is 0. The van der Waals surface area contributed by atoms with E-state index in [-0.39, 0.29) is 46.6 Å². The summed E-state index contributed by atoms with van der Waals surface area (Å²) < 4.78 is 37.8. The van der Waals surface area contributed by atoms with Gasteiger partial charge in [-0.25, -0.2) is 8.42 Å². The molecule has 0 atom stereocenters. The van der Waals surface area contributed by atoms with Crippen molar-refractivity contribution in [1.82, 2.24) is 4.31 Å². The second-order valence-electron chi connectivity index (χ2n) is 7.55. The van der Waals surface area contributed by atoms with Crippen LogP contribution in [0.25, 0.3) is 0 Å². The SMILES string of the molecule is COc1cc(Nc2ccccc2)ccc1C(=O)Nc1sc(S(=O)(=O)N2CCOCC2)cc1C(N)=O. The first-order valence-electron chi connectivity index (χ1n) is 10.6. The van der Waals surface area contributed by atoms with Crippen molar-refractivity contribution in [2.24, 2.45) is 5.73 Å². The van der Waals surface area contributed by atoms with Gasteiger partial charge in [0, 0.05) is 30.5 Å². The normalized spacial score (nSPS) is 14.3. The van der Waals surface area contributed by atoms with E-state index in [0.717, 1.165) is 17.0 Å². The molecule has 10 nitrogen and oxygen atoms in total. The standard InChI is InChI=1S/C23H24N4O6S2/c1-32-19-13-16(25-15-5-3-2-4-6-15)7-8-17(19)22(29)26-23-18(21(24)28)14-20(34-23)35(30,31)27-9-11-33-12-10-27/h2-8,13-14,25H,9-12H2,1H3,(H2,24,28)(H,26,29). The lowest BCUT2D eigenvalue weighted by molar-refractivity contribution is 0.0731. The molecule has 2 amide bonds. The summed E-state index contributed by atoms with van der Waals surface area (Å²) in [5, 5.41) is 5.88. The van der Waals surface area contributed by atoms with Crippen LogP contribution in [0.5, 0.6) is 5.75 Å². The number of carbonyl (C=O) groups excluding carboxylic acids is 2. The van der Waals surface area contributed by atoms with Crippen LogP contribution in [0.15, 0.2) is 58.8 Å². The Bertz CT molecular complexity index is 1340. The summed E-state index contributed by atoms with van der Waals surface area (Å²) in [5.41, 5.74) is 7.16. The van der Waals surface area contributed by atoms with Crippen LogP contribution in [0, 0.1) is 0 Å². The lowest BCUT2D eigenvalue weighted by atomic mass is 10.1. The number of para-hydroxylation sites is 1. The number of nitrogens with zero attached hydrogens (tertiary/aromatic N) is 1. The number of anilines is 3. The third-order valence-corrected chi connectivity index (χ3v) is 8.67. The van der Waals surface area contributed by atoms with Crippen molar-refractivity contribution in [2.45, 2.75) is 4.21 Å². The highest BCUT2D eigenvalue weighted by atomic mass is 32.2. The summed E-state index contributed by atoms with van der Waals surface area (Å²) in [7, 11) is -2.43. The molecule has 0 bridgehead atoms. The number of benzene rings is 2. The van der Waals surface area contributed by atoms with Crippen molar-refractivity contribution in [3.8, 4) is 5.75 Å². The van der Waals surface area contributed by atoms with Gasteiger partial charge in [0.25, 0.3) is 21.8 Å².